The zero-order chi connectivity index (χ0) is 6.15. The van der Waals surface area contributed by atoms with E-state index in [1.54, 1.807) is 0 Å². The van der Waals surface area contributed by atoms with E-state index in [0.29, 0.717) is 0 Å². The molecule has 0 aliphatic rings. The molecular weight excluding hydrogens is 205 g/mol. The van der Waals surface area contributed by atoms with Gasteiger partial charge in [-0.1, -0.05) is 0 Å². The van der Waals surface area contributed by atoms with Crippen molar-refractivity contribution in [2.45, 2.75) is 13.8 Å². The molecule has 0 saturated carbocycles. The average molecular weight is 213 g/mol. The van der Waals surface area contributed by atoms with Gasteiger partial charge in [-0.25, -0.2) is 0 Å². The molecule has 0 spiro atoms. The topological polar surface area (TPSA) is 15.8 Å². The van der Waals surface area contributed by atoms with E-state index >= 15 is 0 Å². The first-order chi connectivity index (χ1) is 3.72. The van der Waals surface area contributed by atoms with Gasteiger partial charge in [-0.3, -0.25) is 0 Å². The van der Waals surface area contributed by atoms with Crippen LogP contribution in [0, 0.1) is 13.8 Å². The molecule has 10 heavy (non-hydrogen) atoms. The van der Waals surface area contributed by atoms with Crippen molar-refractivity contribution in [3.05, 3.63) is 17.3 Å². The number of aromatic amines is 1. The molecule has 0 fully saturated rings. The molecule has 0 unspecified atom stereocenters. The molecule has 0 atom stereocenters. The first-order valence-electron chi connectivity index (χ1n) is 2.58. The second-order valence-corrected chi connectivity index (χ2v) is 2.75. The monoisotopic (exact) mass is 212 g/mol. The maximum absolute atomic E-state index is 3.14. The first kappa shape index (κ1) is 13.2. The SMILES string of the molecule is Cc1c[nH][c]([Ti+2])c1C.[Cl-].[Cl-]. The van der Waals surface area contributed by atoms with Gasteiger partial charge in [0.25, 0.3) is 0 Å². The number of aryl methyl sites for hydroxylation is 1. The average Bonchev–Trinajstić information content (AvgIpc) is 1.98. The van der Waals surface area contributed by atoms with Crippen LogP contribution < -0.4 is 28.8 Å². The van der Waals surface area contributed by atoms with Crippen molar-refractivity contribution in [1.82, 2.24) is 4.98 Å². The molecule has 55 valence electrons. The fraction of sp³-hybridized carbons (Fsp3) is 0.333. The fourth-order valence-electron chi connectivity index (χ4n) is 0.594. The van der Waals surface area contributed by atoms with Crippen LogP contribution in [0.15, 0.2) is 6.20 Å². The molecule has 0 amide bonds. The van der Waals surface area contributed by atoms with Gasteiger partial charge >= 0.3 is 60.6 Å². The Morgan fingerprint density at radius 2 is 1.80 bits per heavy atom. The van der Waals surface area contributed by atoms with E-state index in [1.165, 1.54) is 15.1 Å². The van der Waals surface area contributed by atoms with E-state index in [0.717, 1.165) is 0 Å². The summed E-state index contributed by atoms with van der Waals surface area (Å²) in [4.78, 5) is 3.14. The van der Waals surface area contributed by atoms with Crippen LogP contribution in [-0.4, -0.2) is 4.98 Å². The molecule has 1 aromatic rings. The van der Waals surface area contributed by atoms with Crippen molar-refractivity contribution in [3.63, 3.8) is 0 Å². The summed E-state index contributed by atoms with van der Waals surface area (Å²) in [7, 11) is 0. The number of nitrogens with one attached hydrogen (secondary N) is 1. The van der Waals surface area contributed by atoms with Gasteiger partial charge in [-0.15, -0.1) is 0 Å². The summed E-state index contributed by atoms with van der Waals surface area (Å²) >= 11 is 2.09. The molecule has 0 radical (unpaired) electrons. The number of aromatic nitrogens is 1. The van der Waals surface area contributed by atoms with E-state index in [9.17, 15) is 0 Å². The number of H-pyrrole nitrogens is 1. The van der Waals surface area contributed by atoms with Gasteiger partial charge in [0.05, 0.1) is 0 Å². The molecule has 0 aliphatic heterocycles. The Balaban J connectivity index is 0. The minimum atomic E-state index is 0. The van der Waals surface area contributed by atoms with E-state index in [-0.39, 0.29) is 24.8 Å². The summed E-state index contributed by atoms with van der Waals surface area (Å²) in [6, 6.07) is 0. The number of halogens is 2. The molecule has 0 bridgehead atoms. The zero-order valence-electron chi connectivity index (χ0n) is 5.83. The van der Waals surface area contributed by atoms with E-state index in [2.05, 4.69) is 39.3 Å². The van der Waals surface area contributed by atoms with Crippen LogP contribution in [0.25, 0.3) is 0 Å². The van der Waals surface area contributed by atoms with Crippen LogP contribution in [0.4, 0.5) is 0 Å². The number of hydrogen-bond acceptors (Lipinski definition) is 0. The standard InChI is InChI=1S/C6H8N.2ClH.Ti/c1-5-3-7-4-6(5)2;;;/h3,7H,1-2H3;2*1H;/q;;;+2/p-2. The van der Waals surface area contributed by atoms with E-state index < -0.39 is 0 Å². The molecule has 1 aromatic heterocycles. The molecule has 0 aromatic carbocycles. The Bertz CT molecular complexity index is 178. The van der Waals surface area contributed by atoms with Crippen LogP contribution in [0.1, 0.15) is 11.1 Å². The summed E-state index contributed by atoms with van der Waals surface area (Å²) in [5, 5.41) is 0. The van der Waals surface area contributed by atoms with Gasteiger partial charge in [0, 0.05) is 0 Å². The molecule has 0 saturated heterocycles. The summed E-state index contributed by atoms with van der Waals surface area (Å²) in [5.74, 6) is 0. The van der Waals surface area contributed by atoms with Crippen LogP contribution in [0.3, 0.4) is 0 Å². The van der Waals surface area contributed by atoms with Gasteiger partial charge in [0.2, 0.25) is 0 Å². The van der Waals surface area contributed by atoms with E-state index in [1.807, 2.05) is 6.20 Å². The Labute approximate surface area is 85.2 Å². The summed E-state index contributed by atoms with van der Waals surface area (Å²) in [5.41, 5.74) is 2.73. The third-order valence-corrected chi connectivity index (χ3v) is 2.21. The molecule has 1 heterocycles. The summed E-state index contributed by atoms with van der Waals surface area (Å²) < 4.78 is 1.28. The van der Waals surface area contributed by atoms with Crippen molar-refractivity contribution < 1.29 is 45.2 Å². The minimum Gasteiger partial charge on any atom is -1.00 e. The quantitative estimate of drug-likeness (QED) is 0.414. The van der Waals surface area contributed by atoms with Crippen LogP contribution in [0.5, 0.6) is 0 Å². The largest absolute Gasteiger partial charge is 1.00 e. The number of hydrogen-bond donors (Lipinski definition) is 1. The van der Waals surface area contributed by atoms with Crippen molar-refractivity contribution >= 4 is 4.00 Å². The Morgan fingerprint density at radius 3 is 1.90 bits per heavy atom. The third-order valence-electron chi connectivity index (χ3n) is 1.40. The summed E-state index contributed by atoms with van der Waals surface area (Å²) in [6.45, 7) is 4.24. The predicted molar refractivity (Wildman–Crippen MR) is 29.9 cm³/mol. The third kappa shape index (κ3) is 2.67. The van der Waals surface area contributed by atoms with Crippen LogP contribution in [-0.2, 0) is 20.4 Å². The maximum Gasteiger partial charge on any atom is -1.00 e. The molecule has 4 heteroatoms. The Kier molecular flexibility index (Phi) is 6.93. The van der Waals surface area contributed by atoms with Crippen molar-refractivity contribution in [2.24, 2.45) is 0 Å². The minimum absolute atomic E-state index is 0. The van der Waals surface area contributed by atoms with E-state index in [4.69, 9.17) is 0 Å². The van der Waals surface area contributed by atoms with Gasteiger partial charge < -0.3 is 24.8 Å². The molecule has 1 rings (SSSR count). The van der Waals surface area contributed by atoms with Gasteiger partial charge in [-0.05, 0) is 0 Å². The van der Waals surface area contributed by atoms with Crippen molar-refractivity contribution in [3.8, 4) is 0 Å². The molecule has 0 aliphatic carbocycles. The smallest absolute Gasteiger partial charge is 1.00 e. The van der Waals surface area contributed by atoms with Gasteiger partial charge in [0.15, 0.2) is 0 Å². The fourth-order valence-corrected chi connectivity index (χ4v) is 1.01. The summed E-state index contributed by atoms with van der Waals surface area (Å²) in [6.07, 6.45) is 2.03. The zero-order valence-corrected chi connectivity index (χ0v) is 8.91. The van der Waals surface area contributed by atoms with Gasteiger partial charge in [-0.2, -0.15) is 0 Å². The molecular formula is C6H8Cl2NTi. The normalized spacial score (nSPS) is 8.00. The second kappa shape index (κ2) is 5.25. The predicted octanol–water partition coefficient (Wildman–Crippen LogP) is -5.19. The maximum atomic E-state index is 3.14. The Morgan fingerprint density at radius 1 is 1.30 bits per heavy atom. The van der Waals surface area contributed by atoms with Crippen LogP contribution >= 0.6 is 0 Å². The molecule has 1 nitrogen and oxygen atoms in total. The van der Waals surface area contributed by atoms with Crippen molar-refractivity contribution in [1.29, 1.82) is 0 Å². The second-order valence-electron chi connectivity index (χ2n) is 1.97. The number of rotatable bonds is 0. The van der Waals surface area contributed by atoms with Gasteiger partial charge in [0.1, 0.15) is 0 Å². The van der Waals surface area contributed by atoms with Crippen molar-refractivity contribution in [2.75, 3.05) is 0 Å². The molecule has 1 N–H and O–H groups in total. The Hall–Kier alpha value is 0.574. The van der Waals surface area contributed by atoms with Crippen LogP contribution in [0.2, 0.25) is 0 Å². The first-order valence-corrected chi connectivity index (χ1v) is 3.36.